The molecule has 206 valence electrons. The maximum Gasteiger partial charge on any atom is 0.267 e. The van der Waals surface area contributed by atoms with Gasteiger partial charge in [-0.1, -0.05) is 5.57 Å². The number of carbonyl (C=O) groups excluding carboxylic acids is 1. The molecule has 0 spiro atoms. The van der Waals surface area contributed by atoms with Crippen molar-refractivity contribution in [2.45, 2.75) is 42.5 Å². The molecule has 0 saturated heterocycles. The fourth-order valence-electron chi connectivity index (χ4n) is 5.63. The minimum atomic E-state index is -3.98. The second-order valence-electron chi connectivity index (χ2n) is 10.1. The molecule has 9 nitrogen and oxygen atoms in total. The van der Waals surface area contributed by atoms with Crippen LogP contribution in [0, 0.1) is 11.2 Å². The third kappa shape index (κ3) is 4.24. The lowest BCUT2D eigenvalue weighted by Gasteiger charge is -2.43. The summed E-state index contributed by atoms with van der Waals surface area (Å²) in [4.78, 5) is 22.2. The molecule has 0 amide bonds. The topological polar surface area (TPSA) is 113 Å². The van der Waals surface area contributed by atoms with Crippen LogP contribution in [0.4, 0.5) is 13.2 Å². The van der Waals surface area contributed by atoms with Crippen LogP contribution in [-0.4, -0.2) is 49.0 Å². The van der Waals surface area contributed by atoms with Gasteiger partial charge in [-0.3, -0.25) is 14.5 Å². The lowest BCUT2D eigenvalue weighted by Crippen LogP contribution is -2.46. The molecule has 4 aromatic rings. The largest absolute Gasteiger partial charge is 0.291 e. The van der Waals surface area contributed by atoms with Gasteiger partial charge in [0.1, 0.15) is 17.8 Å². The van der Waals surface area contributed by atoms with Gasteiger partial charge < -0.3 is 0 Å². The molecule has 1 saturated carbocycles. The van der Waals surface area contributed by atoms with Gasteiger partial charge in [0, 0.05) is 18.8 Å². The summed E-state index contributed by atoms with van der Waals surface area (Å²) in [7, 11) is -2.42. The SMILES string of the molecule is Cn1cnc(S(=O)(=O)[C@H]2CCC3=Cc4c(cnn4-c4ccc(F)cc4)C[C@]3(C(=O)c3ccc(C(F)F)cn3)C2)n1. The minimum Gasteiger partial charge on any atom is -0.291 e. The molecule has 2 atom stereocenters. The standard InChI is InChI=1S/C27H23F3N6O3S/c1-35-15-32-26(34-35)40(38,39)21-8-3-18-10-23-17(14-33-36(23)20-6-4-19(28)5-7-20)11-27(18,12-21)24(37)22-9-2-16(13-31-22)25(29)30/h2,4-7,9-10,13-15,21,25H,3,8,11-12H2,1H3/t21-,27-/m0/s1. The van der Waals surface area contributed by atoms with Crippen molar-refractivity contribution in [3.05, 3.63) is 89.0 Å². The van der Waals surface area contributed by atoms with Crippen LogP contribution in [-0.2, 0) is 23.3 Å². The molecule has 40 heavy (non-hydrogen) atoms. The summed E-state index contributed by atoms with van der Waals surface area (Å²) in [5, 5.41) is 7.19. The molecule has 1 fully saturated rings. The number of hydrogen-bond acceptors (Lipinski definition) is 7. The number of aromatic nitrogens is 6. The van der Waals surface area contributed by atoms with Crippen molar-refractivity contribution in [2.24, 2.45) is 12.5 Å². The second kappa shape index (κ2) is 9.51. The molecule has 1 aromatic carbocycles. The van der Waals surface area contributed by atoms with Gasteiger partial charge in [0.05, 0.1) is 28.2 Å². The average Bonchev–Trinajstić information content (AvgIpc) is 3.57. The number of benzene rings is 1. The van der Waals surface area contributed by atoms with Crippen molar-refractivity contribution >= 4 is 21.7 Å². The highest BCUT2D eigenvalue weighted by molar-refractivity contribution is 7.91. The number of nitrogens with zero attached hydrogens (tertiary/aromatic N) is 6. The van der Waals surface area contributed by atoms with Crippen molar-refractivity contribution in [1.82, 2.24) is 29.5 Å². The summed E-state index contributed by atoms with van der Waals surface area (Å²) >= 11 is 0. The molecule has 0 bridgehead atoms. The van der Waals surface area contributed by atoms with Gasteiger partial charge in [-0.15, -0.1) is 5.10 Å². The van der Waals surface area contributed by atoms with Crippen LogP contribution in [0.1, 0.15) is 53.0 Å². The van der Waals surface area contributed by atoms with Crippen molar-refractivity contribution in [3.8, 4) is 5.69 Å². The van der Waals surface area contributed by atoms with Gasteiger partial charge in [-0.2, -0.15) is 5.10 Å². The molecule has 2 aliphatic carbocycles. The summed E-state index contributed by atoms with van der Waals surface area (Å²) in [6, 6.07) is 8.23. The van der Waals surface area contributed by atoms with Gasteiger partial charge in [-0.05, 0) is 73.7 Å². The molecule has 0 N–H and O–H groups in total. The number of Topliss-reactive ketones (excluding diaryl/α,β-unsaturated/α-hetero) is 1. The maximum absolute atomic E-state index is 14.2. The van der Waals surface area contributed by atoms with E-state index < -0.39 is 32.7 Å². The second-order valence-corrected chi connectivity index (χ2v) is 12.2. The Bertz CT molecular complexity index is 1750. The molecule has 3 heterocycles. The molecular formula is C27H23F3N6O3S. The molecule has 0 aliphatic heterocycles. The molecule has 0 unspecified atom stereocenters. The van der Waals surface area contributed by atoms with Crippen LogP contribution in [0.3, 0.4) is 0 Å². The first kappa shape index (κ1) is 26.1. The number of aryl methyl sites for hydroxylation is 1. The Labute approximate surface area is 227 Å². The van der Waals surface area contributed by atoms with E-state index in [0.29, 0.717) is 22.5 Å². The maximum atomic E-state index is 14.2. The van der Waals surface area contributed by atoms with E-state index in [0.717, 1.165) is 12.3 Å². The predicted molar refractivity (Wildman–Crippen MR) is 137 cm³/mol. The van der Waals surface area contributed by atoms with E-state index in [-0.39, 0.29) is 47.9 Å². The summed E-state index contributed by atoms with van der Waals surface area (Å²) in [5.74, 6) is -0.839. The number of hydrogen-bond donors (Lipinski definition) is 0. The van der Waals surface area contributed by atoms with Crippen LogP contribution in [0.2, 0.25) is 0 Å². The van der Waals surface area contributed by atoms with Crippen LogP contribution < -0.4 is 0 Å². The number of alkyl halides is 2. The fraction of sp³-hybridized carbons (Fsp3) is 0.296. The van der Waals surface area contributed by atoms with E-state index in [4.69, 9.17) is 0 Å². The Morgan fingerprint density at radius 3 is 2.52 bits per heavy atom. The highest BCUT2D eigenvalue weighted by atomic mass is 32.2. The zero-order valence-corrected chi connectivity index (χ0v) is 22.0. The van der Waals surface area contributed by atoms with Gasteiger partial charge in [0.25, 0.3) is 11.6 Å². The van der Waals surface area contributed by atoms with E-state index in [2.05, 4.69) is 20.2 Å². The summed E-state index contributed by atoms with van der Waals surface area (Å²) in [5.41, 5.74) is 1.08. The zero-order valence-electron chi connectivity index (χ0n) is 21.2. The zero-order chi connectivity index (χ0) is 28.2. The van der Waals surface area contributed by atoms with Crippen LogP contribution in [0.25, 0.3) is 11.8 Å². The van der Waals surface area contributed by atoms with E-state index in [9.17, 15) is 26.4 Å². The van der Waals surface area contributed by atoms with E-state index in [1.54, 1.807) is 30.1 Å². The van der Waals surface area contributed by atoms with E-state index in [1.807, 2.05) is 6.08 Å². The first-order valence-corrected chi connectivity index (χ1v) is 14.1. The van der Waals surface area contributed by atoms with Gasteiger partial charge >= 0.3 is 0 Å². The predicted octanol–water partition coefficient (Wildman–Crippen LogP) is 4.31. The highest BCUT2D eigenvalue weighted by Crippen LogP contribution is 2.51. The summed E-state index contributed by atoms with van der Waals surface area (Å²) in [6.07, 6.45) is 3.56. The van der Waals surface area contributed by atoms with Crippen molar-refractivity contribution in [1.29, 1.82) is 0 Å². The van der Waals surface area contributed by atoms with E-state index in [1.165, 1.54) is 29.2 Å². The van der Waals surface area contributed by atoms with Gasteiger partial charge in [-0.25, -0.2) is 31.3 Å². The smallest absolute Gasteiger partial charge is 0.267 e. The summed E-state index contributed by atoms with van der Waals surface area (Å²) in [6.45, 7) is 0. The summed E-state index contributed by atoms with van der Waals surface area (Å²) < 4.78 is 69.9. The average molecular weight is 569 g/mol. The lowest BCUT2D eigenvalue weighted by molar-refractivity contribution is 0.0796. The number of halogens is 3. The highest BCUT2D eigenvalue weighted by Gasteiger charge is 2.52. The quantitative estimate of drug-likeness (QED) is 0.319. The van der Waals surface area contributed by atoms with Crippen LogP contribution >= 0.6 is 0 Å². The molecule has 13 heteroatoms. The first-order chi connectivity index (χ1) is 19.1. The molecule has 3 aromatic heterocycles. The third-order valence-electron chi connectivity index (χ3n) is 7.66. The molecule has 6 rings (SSSR count). The Kier molecular flexibility index (Phi) is 6.21. The molecule has 2 aliphatic rings. The third-order valence-corrected chi connectivity index (χ3v) is 9.64. The Morgan fingerprint density at radius 2 is 1.88 bits per heavy atom. The van der Waals surface area contributed by atoms with Crippen LogP contribution in [0.5, 0.6) is 0 Å². The van der Waals surface area contributed by atoms with Crippen molar-refractivity contribution < 1.29 is 26.4 Å². The Morgan fingerprint density at radius 1 is 1.10 bits per heavy atom. The monoisotopic (exact) mass is 568 g/mol. The number of pyridine rings is 1. The van der Waals surface area contributed by atoms with Gasteiger partial charge in [0.2, 0.25) is 9.84 Å². The fourth-order valence-corrected chi connectivity index (χ4v) is 7.30. The molecule has 0 radical (unpaired) electrons. The lowest BCUT2D eigenvalue weighted by atomic mass is 9.61. The number of fused-ring (bicyclic) bond motifs is 2. The normalized spacial score (nSPS) is 20.6. The Balaban J connectivity index is 1.44. The van der Waals surface area contributed by atoms with E-state index >= 15 is 0 Å². The molecular weight excluding hydrogens is 545 g/mol. The number of carbonyl (C=O) groups is 1. The van der Waals surface area contributed by atoms with Gasteiger partial charge in [0.15, 0.2) is 5.78 Å². The van der Waals surface area contributed by atoms with Crippen molar-refractivity contribution in [2.75, 3.05) is 0 Å². The number of allylic oxidation sites excluding steroid dienone is 1. The van der Waals surface area contributed by atoms with Crippen LogP contribution in [0.15, 0.2) is 65.8 Å². The Hall–Kier alpha value is -4.13. The number of sulfone groups is 1. The number of ketones is 1. The first-order valence-electron chi connectivity index (χ1n) is 12.5. The minimum absolute atomic E-state index is 0.0290. The van der Waals surface area contributed by atoms with Crippen molar-refractivity contribution in [3.63, 3.8) is 0 Å². The number of rotatable bonds is 6.